The molecule has 0 bridgehead atoms. The van der Waals surface area contributed by atoms with Crippen LogP contribution in [0.3, 0.4) is 0 Å². The van der Waals surface area contributed by atoms with Crippen LogP contribution in [0.15, 0.2) is 18.2 Å². The number of rotatable bonds is 3. The third-order valence-corrected chi connectivity index (χ3v) is 2.22. The van der Waals surface area contributed by atoms with Gasteiger partial charge in [-0.15, -0.1) is 0 Å². The second-order valence-corrected chi connectivity index (χ2v) is 3.42. The first-order valence-electron chi connectivity index (χ1n) is 4.24. The number of aryl methyl sites for hydroxylation is 1. The Hall–Kier alpha value is -1.03. The van der Waals surface area contributed by atoms with Crippen molar-refractivity contribution in [3.05, 3.63) is 34.3 Å². The molecule has 5 heteroatoms. The van der Waals surface area contributed by atoms with E-state index in [1.165, 1.54) is 12.1 Å². The minimum atomic E-state index is -4.45. The van der Waals surface area contributed by atoms with Crippen molar-refractivity contribution in [2.75, 3.05) is 0 Å². The highest BCUT2D eigenvalue weighted by Crippen LogP contribution is 2.35. The van der Waals surface area contributed by atoms with E-state index in [4.69, 9.17) is 11.6 Å². The molecule has 0 saturated heterocycles. The van der Waals surface area contributed by atoms with Crippen LogP contribution in [-0.2, 0) is 17.4 Å². The number of alkyl halides is 3. The highest BCUT2D eigenvalue weighted by atomic mass is 35.5. The summed E-state index contributed by atoms with van der Waals surface area (Å²) in [6.07, 6.45) is -3.28. The van der Waals surface area contributed by atoms with E-state index >= 15 is 0 Å². The predicted molar refractivity (Wildman–Crippen MR) is 50.8 cm³/mol. The Morgan fingerprint density at radius 2 is 2.00 bits per heavy atom. The topological polar surface area (TPSA) is 17.1 Å². The molecule has 1 rings (SSSR count). The Bertz CT molecular complexity index is 360. The number of hydrogen-bond donors (Lipinski definition) is 0. The molecule has 0 aliphatic carbocycles. The van der Waals surface area contributed by atoms with Gasteiger partial charge in [-0.3, -0.25) is 0 Å². The summed E-state index contributed by atoms with van der Waals surface area (Å²) in [6, 6.07) is 3.66. The molecule has 0 aromatic heterocycles. The number of carbonyl (C=O) groups is 1. The molecule has 82 valence electrons. The highest BCUT2D eigenvalue weighted by molar-refractivity contribution is 6.31. The van der Waals surface area contributed by atoms with Gasteiger partial charge in [0.15, 0.2) is 0 Å². The van der Waals surface area contributed by atoms with Gasteiger partial charge in [-0.25, -0.2) is 0 Å². The molecule has 1 aromatic rings. The average molecular weight is 237 g/mol. The fraction of sp³-hybridized carbons (Fsp3) is 0.300. The van der Waals surface area contributed by atoms with Gasteiger partial charge in [-0.05, 0) is 24.1 Å². The van der Waals surface area contributed by atoms with Crippen molar-refractivity contribution < 1.29 is 18.0 Å². The van der Waals surface area contributed by atoms with E-state index in [1.54, 1.807) is 0 Å². The van der Waals surface area contributed by atoms with Crippen molar-refractivity contribution in [3.8, 4) is 0 Å². The number of aldehydes is 1. The summed E-state index contributed by atoms with van der Waals surface area (Å²) in [5, 5.41) is -0.322. The molecule has 0 fully saturated rings. The summed E-state index contributed by atoms with van der Waals surface area (Å²) < 4.78 is 37.2. The van der Waals surface area contributed by atoms with Crippen LogP contribution in [-0.4, -0.2) is 6.29 Å². The second kappa shape index (κ2) is 4.66. The van der Waals surface area contributed by atoms with Crippen molar-refractivity contribution in [1.29, 1.82) is 0 Å². The molecule has 1 nitrogen and oxygen atoms in total. The first-order valence-corrected chi connectivity index (χ1v) is 4.62. The summed E-state index contributed by atoms with van der Waals surface area (Å²) >= 11 is 5.43. The Kier molecular flexibility index (Phi) is 3.74. The van der Waals surface area contributed by atoms with Crippen LogP contribution in [0, 0.1) is 0 Å². The standard InChI is InChI=1S/C10H8ClF3O/c11-9-4-3-7(2-1-5-15)6-8(9)10(12,13)14/h3-6H,1-2H2. The Morgan fingerprint density at radius 1 is 1.33 bits per heavy atom. The molecular formula is C10H8ClF3O. The smallest absolute Gasteiger partial charge is 0.303 e. The van der Waals surface area contributed by atoms with Gasteiger partial charge >= 0.3 is 6.18 Å². The van der Waals surface area contributed by atoms with E-state index in [0.29, 0.717) is 18.3 Å². The lowest BCUT2D eigenvalue weighted by Gasteiger charge is -2.10. The summed E-state index contributed by atoms with van der Waals surface area (Å²) in [6.45, 7) is 0. The van der Waals surface area contributed by atoms with Crippen molar-refractivity contribution in [3.63, 3.8) is 0 Å². The maximum Gasteiger partial charge on any atom is 0.417 e. The molecule has 0 heterocycles. The Morgan fingerprint density at radius 3 is 2.53 bits per heavy atom. The molecule has 0 atom stereocenters. The van der Waals surface area contributed by atoms with Gasteiger partial charge in [0.2, 0.25) is 0 Å². The SMILES string of the molecule is O=CCCc1ccc(Cl)c(C(F)(F)F)c1. The minimum absolute atomic E-state index is 0.207. The number of carbonyl (C=O) groups excluding carboxylic acids is 1. The van der Waals surface area contributed by atoms with Gasteiger partial charge in [-0.2, -0.15) is 13.2 Å². The molecule has 0 radical (unpaired) electrons. The fourth-order valence-electron chi connectivity index (χ4n) is 1.17. The van der Waals surface area contributed by atoms with E-state index in [0.717, 1.165) is 6.07 Å². The number of hydrogen-bond acceptors (Lipinski definition) is 1. The van der Waals surface area contributed by atoms with Crippen molar-refractivity contribution in [2.45, 2.75) is 19.0 Å². The van der Waals surface area contributed by atoms with Gasteiger partial charge in [0, 0.05) is 6.42 Å². The predicted octanol–water partition coefficient (Wildman–Crippen LogP) is 3.49. The van der Waals surface area contributed by atoms with Crippen molar-refractivity contribution in [1.82, 2.24) is 0 Å². The largest absolute Gasteiger partial charge is 0.417 e. The lowest BCUT2D eigenvalue weighted by atomic mass is 10.1. The van der Waals surface area contributed by atoms with Crippen LogP contribution >= 0.6 is 11.6 Å². The van der Waals surface area contributed by atoms with Crippen molar-refractivity contribution >= 4 is 17.9 Å². The summed E-state index contributed by atoms with van der Waals surface area (Å²) in [5.74, 6) is 0. The third-order valence-electron chi connectivity index (χ3n) is 1.89. The molecule has 0 aliphatic rings. The molecule has 15 heavy (non-hydrogen) atoms. The summed E-state index contributed by atoms with van der Waals surface area (Å²) in [7, 11) is 0. The zero-order valence-electron chi connectivity index (χ0n) is 7.64. The maximum absolute atomic E-state index is 12.4. The van der Waals surface area contributed by atoms with Gasteiger partial charge in [0.05, 0.1) is 10.6 Å². The zero-order chi connectivity index (χ0) is 11.5. The second-order valence-electron chi connectivity index (χ2n) is 3.02. The average Bonchev–Trinajstić information content (AvgIpc) is 2.15. The third kappa shape index (κ3) is 3.23. The monoisotopic (exact) mass is 236 g/mol. The molecule has 1 aromatic carbocycles. The molecule has 0 saturated carbocycles. The Labute approximate surface area is 89.9 Å². The van der Waals surface area contributed by atoms with E-state index in [1.807, 2.05) is 0 Å². The number of benzene rings is 1. The maximum atomic E-state index is 12.4. The van der Waals surface area contributed by atoms with E-state index in [-0.39, 0.29) is 11.4 Å². The Balaban J connectivity index is 3.00. The number of halogens is 4. The van der Waals surface area contributed by atoms with Gasteiger partial charge in [0.1, 0.15) is 6.29 Å². The van der Waals surface area contributed by atoms with Gasteiger partial charge in [-0.1, -0.05) is 17.7 Å². The van der Waals surface area contributed by atoms with Crippen LogP contribution in [0.2, 0.25) is 5.02 Å². The van der Waals surface area contributed by atoms with Crippen molar-refractivity contribution in [2.24, 2.45) is 0 Å². The molecule has 0 amide bonds. The van der Waals surface area contributed by atoms with Crippen LogP contribution in [0.1, 0.15) is 17.5 Å². The van der Waals surface area contributed by atoms with E-state index in [9.17, 15) is 18.0 Å². The van der Waals surface area contributed by atoms with E-state index < -0.39 is 11.7 Å². The van der Waals surface area contributed by atoms with Gasteiger partial charge in [0.25, 0.3) is 0 Å². The zero-order valence-corrected chi connectivity index (χ0v) is 8.40. The molecule has 0 unspecified atom stereocenters. The van der Waals surface area contributed by atoms with E-state index in [2.05, 4.69) is 0 Å². The first kappa shape index (κ1) is 12.0. The summed E-state index contributed by atoms with van der Waals surface area (Å²) in [5.41, 5.74) is -0.397. The quantitative estimate of drug-likeness (QED) is 0.735. The lowest BCUT2D eigenvalue weighted by molar-refractivity contribution is -0.137. The summed E-state index contributed by atoms with van der Waals surface area (Å²) in [4.78, 5) is 10.1. The molecule has 0 spiro atoms. The molecular weight excluding hydrogens is 229 g/mol. The normalized spacial score (nSPS) is 11.5. The van der Waals surface area contributed by atoms with Gasteiger partial charge < -0.3 is 4.79 Å². The van der Waals surface area contributed by atoms with Crippen LogP contribution in [0.5, 0.6) is 0 Å². The first-order chi connectivity index (χ1) is 6.95. The van der Waals surface area contributed by atoms with Crippen LogP contribution < -0.4 is 0 Å². The fourth-order valence-corrected chi connectivity index (χ4v) is 1.40. The highest BCUT2D eigenvalue weighted by Gasteiger charge is 2.33. The molecule has 0 N–H and O–H groups in total. The minimum Gasteiger partial charge on any atom is -0.303 e. The molecule has 0 aliphatic heterocycles. The lowest BCUT2D eigenvalue weighted by Crippen LogP contribution is -2.06. The van der Waals surface area contributed by atoms with Crippen LogP contribution in [0.4, 0.5) is 13.2 Å². The van der Waals surface area contributed by atoms with Crippen LogP contribution in [0.25, 0.3) is 0 Å².